The zero-order chi connectivity index (χ0) is 41.9. The minimum atomic E-state index is 0.616. The molecule has 4 aromatic heterocycles. The molecule has 14 rings (SSSR count). The molecule has 0 saturated heterocycles. The van der Waals surface area contributed by atoms with Crippen LogP contribution in [0.3, 0.4) is 0 Å². The number of aromatic nitrogens is 7. The van der Waals surface area contributed by atoms with Crippen LogP contribution < -0.4 is 0 Å². The standard InChI is InChI=1S/C57H33N7/c1-2-19-41-39(17-1)40-18-3-4-20-42(40)46-31-35(27-28-45(41)46)34-13-11-14-36(29-34)55-58-32-47-43-21-5-6-22-44(43)48-33-59-56(62-54(48)53(47)61-55)37-15-12-16-38(30-37)63-51-25-9-10-26-52(51)64-50-24-8-7-23-49(50)60-57(63)64/h1-33H. The maximum Gasteiger partial charge on any atom is 0.220 e. The number of rotatable bonds is 4. The topological polar surface area (TPSA) is 73.8 Å². The Balaban J connectivity index is 0.918. The van der Waals surface area contributed by atoms with Crippen LogP contribution in [-0.4, -0.2) is 33.9 Å². The van der Waals surface area contributed by atoms with Crippen molar-refractivity contribution >= 4 is 92.7 Å². The third-order valence-electron chi connectivity index (χ3n) is 13.0. The first kappa shape index (κ1) is 34.9. The Morgan fingerprint density at radius 1 is 0.312 bits per heavy atom. The van der Waals surface area contributed by atoms with E-state index >= 15 is 0 Å². The van der Waals surface area contributed by atoms with E-state index in [1.54, 1.807) is 0 Å². The monoisotopic (exact) mass is 815 g/mol. The predicted molar refractivity (Wildman–Crippen MR) is 262 cm³/mol. The van der Waals surface area contributed by atoms with Crippen molar-refractivity contribution in [2.75, 3.05) is 0 Å². The molecule has 64 heavy (non-hydrogen) atoms. The molecule has 4 heterocycles. The number of para-hydroxylation sites is 4. The first-order chi connectivity index (χ1) is 31.7. The minimum Gasteiger partial charge on any atom is -0.278 e. The van der Waals surface area contributed by atoms with E-state index in [0.717, 1.165) is 88.4 Å². The first-order valence-electron chi connectivity index (χ1n) is 21.5. The molecular weight excluding hydrogens is 783 g/mol. The Hall–Kier alpha value is -8.81. The average Bonchev–Trinajstić information content (AvgIpc) is 3.91. The molecule has 0 N–H and O–H groups in total. The lowest BCUT2D eigenvalue weighted by atomic mass is 9.92. The summed E-state index contributed by atoms with van der Waals surface area (Å²) in [4.78, 5) is 25.8. The maximum absolute atomic E-state index is 5.35. The summed E-state index contributed by atoms with van der Waals surface area (Å²) in [6.45, 7) is 0. The number of imidazole rings is 2. The van der Waals surface area contributed by atoms with Crippen LogP contribution in [-0.2, 0) is 0 Å². The molecule has 0 aliphatic heterocycles. The van der Waals surface area contributed by atoms with Crippen molar-refractivity contribution in [2.24, 2.45) is 0 Å². The fourth-order valence-corrected chi connectivity index (χ4v) is 10.1. The van der Waals surface area contributed by atoms with Gasteiger partial charge in [-0.05, 0) is 103 Å². The molecule has 7 nitrogen and oxygen atoms in total. The van der Waals surface area contributed by atoms with Gasteiger partial charge in [-0.2, -0.15) is 0 Å². The second-order valence-corrected chi connectivity index (χ2v) is 16.5. The van der Waals surface area contributed by atoms with Crippen LogP contribution >= 0.6 is 0 Å². The Morgan fingerprint density at radius 2 is 0.797 bits per heavy atom. The van der Waals surface area contributed by atoms with E-state index in [1.165, 1.54) is 32.3 Å². The molecular formula is C57H33N7. The number of hydrogen-bond acceptors (Lipinski definition) is 5. The minimum absolute atomic E-state index is 0.616. The Labute approximate surface area is 365 Å². The smallest absolute Gasteiger partial charge is 0.220 e. The molecule has 0 bridgehead atoms. The number of nitrogens with zero attached hydrogens (tertiary/aromatic N) is 7. The molecule has 0 aliphatic carbocycles. The second-order valence-electron chi connectivity index (χ2n) is 16.5. The van der Waals surface area contributed by atoms with Gasteiger partial charge in [0.05, 0.1) is 22.1 Å². The highest BCUT2D eigenvalue weighted by atomic mass is 15.2. The van der Waals surface area contributed by atoms with Crippen LogP contribution in [0.25, 0.3) is 132 Å². The third kappa shape index (κ3) is 5.06. The highest BCUT2D eigenvalue weighted by molar-refractivity contribution is 6.26. The lowest BCUT2D eigenvalue weighted by Crippen LogP contribution is -1.98. The zero-order valence-electron chi connectivity index (χ0n) is 34.2. The predicted octanol–water partition coefficient (Wildman–Crippen LogP) is 13.9. The second kappa shape index (κ2) is 13.3. The molecule has 7 heteroatoms. The number of benzene rings is 10. The molecule has 0 saturated carbocycles. The van der Waals surface area contributed by atoms with Crippen LogP contribution in [0.1, 0.15) is 0 Å². The molecule has 10 aromatic carbocycles. The largest absolute Gasteiger partial charge is 0.278 e. The Morgan fingerprint density at radius 3 is 1.45 bits per heavy atom. The van der Waals surface area contributed by atoms with Crippen LogP contribution in [0.4, 0.5) is 0 Å². The van der Waals surface area contributed by atoms with Crippen molar-refractivity contribution in [3.05, 3.63) is 200 Å². The number of fused-ring (bicyclic) bond motifs is 17. The third-order valence-corrected chi connectivity index (χ3v) is 13.0. The Kier molecular flexibility index (Phi) is 7.27. The van der Waals surface area contributed by atoms with E-state index < -0.39 is 0 Å². The Bertz CT molecular complexity index is 4240. The zero-order valence-corrected chi connectivity index (χ0v) is 34.2. The maximum atomic E-state index is 5.35. The summed E-state index contributed by atoms with van der Waals surface area (Å²) < 4.78 is 4.46. The summed E-state index contributed by atoms with van der Waals surface area (Å²) >= 11 is 0. The summed E-state index contributed by atoms with van der Waals surface area (Å²) in [5.41, 5.74) is 10.8. The van der Waals surface area contributed by atoms with E-state index in [2.05, 4.69) is 191 Å². The summed E-state index contributed by atoms with van der Waals surface area (Å²) in [7, 11) is 0. The van der Waals surface area contributed by atoms with Gasteiger partial charge in [-0.25, -0.2) is 24.9 Å². The van der Waals surface area contributed by atoms with Crippen molar-refractivity contribution in [2.45, 2.75) is 0 Å². The molecule has 0 amide bonds. The summed E-state index contributed by atoms with van der Waals surface area (Å²) in [5, 5.41) is 11.6. The molecule has 0 radical (unpaired) electrons. The van der Waals surface area contributed by atoms with E-state index in [-0.39, 0.29) is 0 Å². The van der Waals surface area contributed by atoms with E-state index in [1.807, 2.05) is 18.5 Å². The van der Waals surface area contributed by atoms with Crippen molar-refractivity contribution in [3.8, 4) is 39.6 Å². The first-order valence-corrected chi connectivity index (χ1v) is 21.5. The normalized spacial score (nSPS) is 12.1. The van der Waals surface area contributed by atoms with E-state index in [4.69, 9.17) is 24.9 Å². The van der Waals surface area contributed by atoms with Crippen molar-refractivity contribution in [3.63, 3.8) is 0 Å². The average molecular weight is 816 g/mol. The quantitative estimate of drug-likeness (QED) is 0.165. The van der Waals surface area contributed by atoms with Crippen molar-refractivity contribution < 1.29 is 0 Å². The molecule has 0 atom stereocenters. The molecule has 14 aromatic rings. The van der Waals surface area contributed by atoms with Gasteiger partial charge in [-0.1, -0.05) is 140 Å². The van der Waals surface area contributed by atoms with Gasteiger partial charge < -0.3 is 0 Å². The molecule has 0 fully saturated rings. The number of hydrogen-bond donors (Lipinski definition) is 0. The SMILES string of the molecule is c1cc(-c2ccc3c4ccccc4c4ccccc4c3c2)cc(-c2ncc3c4ccccc4c4cnc(-c5cccc(-n6c7ccccc7n7c8ccccc8nc67)c5)nc4c3n2)c1. The lowest BCUT2D eigenvalue weighted by Gasteiger charge is -2.13. The van der Waals surface area contributed by atoms with Gasteiger partial charge >= 0.3 is 0 Å². The highest BCUT2D eigenvalue weighted by Crippen LogP contribution is 2.39. The van der Waals surface area contributed by atoms with E-state index in [9.17, 15) is 0 Å². The van der Waals surface area contributed by atoms with E-state index in [0.29, 0.717) is 11.6 Å². The fourth-order valence-electron chi connectivity index (χ4n) is 10.1. The highest BCUT2D eigenvalue weighted by Gasteiger charge is 2.19. The van der Waals surface area contributed by atoms with Crippen molar-refractivity contribution in [1.29, 1.82) is 0 Å². The molecule has 0 spiro atoms. The summed E-state index contributed by atoms with van der Waals surface area (Å²) in [6.07, 6.45) is 3.91. The van der Waals surface area contributed by atoms with Gasteiger partial charge in [0, 0.05) is 40.0 Å². The van der Waals surface area contributed by atoms with Crippen LogP contribution in [0.2, 0.25) is 0 Å². The van der Waals surface area contributed by atoms with Gasteiger partial charge in [-0.3, -0.25) is 8.97 Å². The molecule has 0 aliphatic rings. The van der Waals surface area contributed by atoms with Gasteiger partial charge in [-0.15, -0.1) is 0 Å². The van der Waals surface area contributed by atoms with Crippen LogP contribution in [0.15, 0.2) is 200 Å². The lowest BCUT2D eigenvalue weighted by molar-refractivity contribution is 1.11. The summed E-state index contributed by atoms with van der Waals surface area (Å²) in [5.74, 6) is 2.11. The van der Waals surface area contributed by atoms with Gasteiger partial charge in [0.15, 0.2) is 11.6 Å². The van der Waals surface area contributed by atoms with Gasteiger partial charge in [0.25, 0.3) is 0 Å². The van der Waals surface area contributed by atoms with Gasteiger partial charge in [0.2, 0.25) is 5.78 Å². The van der Waals surface area contributed by atoms with Crippen molar-refractivity contribution in [1.82, 2.24) is 33.9 Å². The summed E-state index contributed by atoms with van der Waals surface area (Å²) in [6, 6.07) is 66.3. The molecule has 296 valence electrons. The van der Waals surface area contributed by atoms with Crippen LogP contribution in [0, 0.1) is 0 Å². The molecule has 0 unspecified atom stereocenters. The van der Waals surface area contributed by atoms with Gasteiger partial charge in [0.1, 0.15) is 11.0 Å². The van der Waals surface area contributed by atoms with Crippen LogP contribution in [0.5, 0.6) is 0 Å². The fraction of sp³-hybridized carbons (Fsp3) is 0.